The first-order valence-corrected chi connectivity index (χ1v) is 13.4. The number of rotatable bonds is 12. The van der Waals surface area contributed by atoms with Gasteiger partial charge in [0.05, 0.1) is 11.9 Å². The van der Waals surface area contributed by atoms with Gasteiger partial charge in [0.25, 0.3) is 0 Å². The molecule has 1 atom stereocenters. The van der Waals surface area contributed by atoms with Gasteiger partial charge in [-0.2, -0.15) is 0 Å². The quantitative estimate of drug-likeness (QED) is 0.448. The molecule has 0 aliphatic heterocycles. The van der Waals surface area contributed by atoms with E-state index in [2.05, 4.69) is 5.32 Å². The minimum atomic E-state index is -3.82. The monoisotopic (exact) mass is 529 g/mol. The molecule has 0 saturated heterocycles. The number of anilines is 1. The molecule has 2 amide bonds. The van der Waals surface area contributed by atoms with E-state index in [1.165, 1.54) is 4.90 Å². The van der Waals surface area contributed by atoms with E-state index in [1.54, 1.807) is 31.2 Å². The zero-order chi connectivity index (χ0) is 26.2. The second kappa shape index (κ2) is 12.8. The second-order valence-electron chi connectivity index (χ2n) is 8.12. The molecule has 7 nitrogen and oxygen atoms in total. The number of hydrogen-bond acceptors (Lipinski definition) is 4. The Balaban J connectivity index is 2.18. The molecule has 192 valence electrons. The van der Waals surface area contributed by atoms with Crippen LogP contribution in [0.4, 0.5) is 14.5 Å². The van der Waals surface area contributed by atoms with Crippen molar-refractivity contribution in [3.63, 3.8) is 0 Å². The first-order chi connectivity index (χ1) is 16.5. The molecule has 2 aromatic carbocycles. The first kappa shape index (κ1) is 28.5. The summed E-state index contributed by atoms with van der Waals surface area (Å²) in [4.78, 5) is 27.2. The van der Waals surface area contributed by atoms with Gasteiger partial charge in [-0.3, -0.25) is 13.9 Å². The molecule has 0 aromatic heterocycles. The predicted molar refractivity (Wildman–Crippen MR) is 133 cm³/mol. The van der Waals surface area contributed by atoms with E-state index in [9.17, 15) is 26.8 Å². The Labute approximate surface area is 210 Å². The standard InChI is InChI=1S/C24H30ClF2N3O4S/c1-4-13-28-24(32)17(2)29(16-18-8-5-6-9-20(18)25)23(31)10-7-14-30(35(3,33)34)19-11-12-21(26)22(27)15-19/h5-6,8-9,11-12,15,17H,4,7,10,13-14,16H2,1-3H3,(H,28,32)/t17-/m1/s1. The van der Waals surface area contributed by atoms with Crippen molar-refractivity contribution in [2.45, 2.75) is 45.7 Å². The average Bonchev–Trinajstić information content (AvgIpc) is 2.80. The third kappa shape index (κ3) is 8.17. The smallest absolute Gasteiger partial charge is 0.242 e. The van der Waals surface area contributed by atoms with Crippen LogP contribution in [-0.4, -0.2) is 50.5 Å². The Hall–Kier alpha value is -2.72. The van der Waals surface area contributed by atoms with Crippen molar-refractivity contribution in [3.05, 3.63) is 64.7 Å². The van der Waals surface area contributed by atoms with Gasteiger partial charge < -0.3 is 10.2 Å². The van der Waals surface area contributed by atoms with Crippen molar-refractivity contribution in [1.82, 2.24) is 10.2 Å². The van der Waals surface area contributed by atoms with Gasteiger partial charge in [-0.25, -0.2) is 17.2 Å². The number of benzene rings is 2. The number of carbonyl (C=O) groups is 2. The highest BCUT2D eigenvalue weighted by Gasteiger charge is 2.27. The van der Waals surface area contributed by atoms with Gasteiger partial charge in [-0.15, -0.1) is 0 Å². The molecule has 0 aliphatic carbocycles. The van der Waals surface area contributed by atoms with Crippen LogP contribution in [0.2, 0.25) is 5.02 Å². The van der Waals surface area contributed by atoms with E-state index in [1.807, 2.05) is 6.92 Å². The van der Waals surface area contributed by atoms with E-state index in [0.29, 0.717) is 17.1 Å². The molecule has 0 unspecified atom stereocenters. The number of nitrogens with zero attached hydrogens (tertiary/aromatic N) is 2. The van der Waals surface area contributed by atoms with Crippen LogP contribution in [0.1, 0.15) is 38.7 Å². The average molecular weight is 530 g/mol. The molecule has 35 heavy (non-hydrogen) atoms. The summed E-state index contributed by atoms with van der Waals surface area (Å²) in [5.74, 6) is -2.96. The van der Waals surface area contributed by atoms with Crippen LogP contribution >= 0.6 is 11.6 Å². The summed E-state index contributed by atoms with van der Waals surface area (Å²) in [5, 5.41) is 3.23. The predicted octanol–water partition coefficient (Wildman–Crippen LogP) is 4.11. The van der Waals surface area contributed by atoms with Gasteiger partial charge in [0, 0.05) is 37.1 Å². The van der Waals surface area contributed by atoms with Crippen molar-refractivity contribution >= 4 is 39.1 Å². The third-order valence-electron chi connectivity index (χ3n) is 5.36. The summed E-state index contributed by atoms with van der Waals surface area (Å²) in [6, 6.07) is 8.98. The maximum Gasteiger partial charge on any atom is 0.242 e. The molecule has 2 aromatic rings. The van der Waals surface area contributed by atoms with Gasteiger partial charge in [-0.05, 0) is 43.5 Å². The highest BCUT2D eigenvalue weighted by molar-refractivity contribution is 7.92. The summed E-state index contributed by atoms with van der Waals surface area (Å²) in [6.45, 7) is 3.96. The molecule has 0 heterocycles. The van der Waals surface area contributed by atoms with E-state index in [-0.39, 0.29) is 43.4 Å². The van der Waals surface area contributed by atoms with Crippen LogP contribution in [0, 0.1) is 11.6 Å². The Kier molecular flexibility index (Phi) is 10.5. The first-order valence-electron chi connectivity index (χ1n) is 11.2. The van der Waals surface area contributed by atoms with Crippen molar-refractivity contribution in [3.8, 4) is 0 Å². The van der Waals surface area contributed by atoms with Gasteiger partial charge in [0.15, 0.2) is 11.6 Å². The fourth-order valence-corrected chi connectivity index (χ4v) is 4.59. The molecule has 0 bridgehead atoms. The van der Waals surface area contributed by atoms with Crippen LogP contribution in [0.5, 0.6) is 0 Å². The third-order valence-corrected chi connectivity index (χ3v) is 6.92. The fraction of sp³-hybridized carbons (Fsp3) is 0.417. The van der Waals surface area contributed by atoms with Crippen LogP contribution < -0.4 is 9.62 Å². The van der Waals surface area contributed by atoms with E-state index < -0.39 is 27.7 Å². The van der Waals surface area contributed by atoms with Gasteiger partial charge in [0.2, 0.25) is 21.8 Å². The molecule has 11 heteroatoms. The highest BCUT2D eigenvalue weighted by Crippen LogP contribution is 2.22. The van der Waals surface area contributed by atoms with Crippen molar-refractivity contribution in [2.24, 2.45) is 0 Å². The number of carbonyl (C=O) groups excluding carboxylic acids is 2. The van der Waals surface area contributed by atoms with Crippen LogP contribution in [-0.2, 0) is 26.2 Å². The number of halogens is 3. The van der Waals surface area contributed by atoms with Gasteiger partial charge in [-0.1, -0.05) is 36.7 Å². The van der Waals surface area contributed by atoms with Gasteiger partial charge in [0.1, 0.15) is 6.04 Å². The number of amides is 2. The maximum absolute atomic E-state index is 13.7. The van der Waals surface area contributed by atoms with E-state index in [0.717, 1.165) is 35.2 Å². The molecular formula is C24H30ClF2N3O4S. The molecule has 0 spiro atoms. The Morgan fingerprint density at radius 1 is 1.11 bits per heavy atom. The lowest BCUT2D eigenvalue weighted by Gasteiger charge is -2.29. The van der Waals surface area contributed by atoms with Gasteiger partial charge >= 0.3 is 0 Å². The minimum absolute atomic E-state index is 0.0425. The largest absolute Gasteiger partial charge is 0.354 e. The van der Waals surface area contributed by atoms with Crippen LogP contribution in [0.3, 0.4) is 0 Å². The normalized spacial score (nSPS) is 12.2. The molecule has 0 fully saturated rings. The maximum atomic E-state index is 13.7. The van der Waals surface area contributed by atoms with E-state index in [4.69, 9.17) is 11.6 Å². The van der Waals surface area contributed by atoms with Crippen molar-refractivity contribution in [1.29, 1.82) is 0 Å². The summed E-state index contributed by atoms with van der Waals surface area (Å²) < 4.78 is 52.4. The minimum Gasteiger partial charge on any atom is -0.354 e. The number of hydrogen-bond donors (Lipinski definition) is 1. The zero-order valence-corrected chi connectivity index (χ0v) is 21.5. The van der Waals surface area contributed by atoms with Crippen molar-refractivity contribution < 1.29 is 26.8 Å². The Bertz CT molecular complexity index is 1150. The topological polar surface area (TPSA) is 86.8 Å². The molecular weight excluding hydrogens is 500 g/mol. The lowest BCUT2D eigenvalue weighted by atomic mass is 10.1. The van der Waals surface area contributed by atoms with E-state index >= 15 is 0 Å². The lowest BCUT2D eigenvalue weighted by Crippen LogP contribution is -2.48. The molecule has 0 aliphatic rings. The summed E-state index contributed by atoms with van der Waals surface area (Å²) in [7, 11) is -3.82. The van der Waals surface area contributed by atoms with Crippen molar-refractivity contribution in [2.75, 3.05) is 23.7 Å². The summed E-state index contributed by atoms with van der Waals surface area (Å²) >= 11 is 6.26. The van der Waals surface area contributed by atoms with Crippen LogP contribution in [0.15, 0.2) is 42.5 Å². The fourth-order valence-electron chi connectivity index (χ4n) is 3.43. The molecule has 2 rings (SSSR count). The number of nitrogens with one attached hydrogen (secondary N) is 1. The zero-order valence-electron chi connectivity index (χ0n) is 19.9. The molecule has 1 N–H and O–H groups in total. The lowest BCUT2D eigenvalue weighted by molar-refractivity contribution is -0.140. The molecule has 0 saturated carbocycles. The SMILES string of the molecule is CCCNC(=O)[C@@H](C)N(Cc1ccccc1Cl)C(=O)CCCN(c1ccc(F)c(F)c1)S(C)(=O)=O. The Morgan fingerprint density at radius 2 is 1.80 bits per heavy atom. The molecule has 0 radical (unpaired) electrons. The second-order valence-corrected chi connectivity index (χ2v) is 10.4. The summed E-state index contributed by atoms with van der Waals surface area (Å²) in [5.41, 5.74) is 0.622. The Morgan fingerprint density at radius 3 is 2.40 bits per heavy atom. The summed E-state index contributed by atoms with van der Waals surface area (Å²) in [6.07, 6.45) is 1.70. The number of sulfonamides is 1. The van der Waals surface area contributed by atoms with Crippen LogP contribution in [0.25, 0.3) is 0 Å². The highest BCUT2D eigenvalue weighted by atomic mass is 35.5.